The summed E-state index contributed by atoms with van der Waals surface area (Å²) in [5.41, 5.74) is 6.90. The Morgan fingerprint density at radius 3 is 2.27 bits per heavy atom. The Morgan fingerprint density at radius 1 is 0.825 bits per heavy atom. The number of amides is 1. The minimum Gasteiger partial charge on any atom is -0.348 e. The third-order valence-corrected chi connectivity index (χ3v) is 7.61. The van der Waals surface area contributed by atoms with E-state index < -0.39 is 0 Å². The number of para-hydroxylation sites is 2. The number of hydrogen-bond acceptors (Lipinski definition) is 4. The van der Waals surface area contributed by atoms with Crippen LogP contribution in [0.25, 0.3) is 39.1 Å². The van der Waals surface area contributed by atoms with Gasteiger partial charge in [0.15, 0.2) is 0 Å². The second-order valence-electron chi connectivity index (χ2n) is 9.36. The first-order valence-corrected chi connectivity index (χ1v) is 14.3. The van der Waals surface area contributed by atoms with Crippen LogP contribution >= 0.6 is 11.8 Å². The number of benzene rings is 4. The van der Waals surface area contributed by atoms with Gasteiger partial charge in [-0.2, -0.15) is 5.10 Å². The monoisotopic (exact) mass is 540 g/mol. The van der Waals surface area contributed by atoms with Gasteiger partial charge in [0.1, 0.15) is 0 Å². The number of nitrogens with one attached hydrogen (secondary N) is 1. The minimum atomic E-state index is -0.149. The summed E-state index contributed by atoms with van der Waals surface area (Å²) in [5.74, 6) is 0.874. The first-order valence-electron chi connectivity index (χ1n) is 13.3. The highest BCUT2D eigenvalue weighted by molar-refractivity contribution is 7.99. The fourth-order valence-electron chi connectivity index (χ4n) is 4.76. The summed E-state index contributed by atoms with van der Waals surface area (Å²) in [6.45, 7) is 2.49. The summed E-state index contributed by atoms with van der Waals surface area (Å²) >= 11 is 1.81. The van der Waals surface area contributed by atoms with Crippen LogP contribution in [0.4, 0.5) is 0 Å². The van der Waals surface area contributed by atoms with Crippen molar-refractivity contribution in [2.24, 2.45) is 0 Å². The molecule has 2 heterocycles. The van der Waals surface area contributed by atoms with Gasteiger partial charge in [-0.25, -0.2) is 9.67 Å². The van der Waals surface area contributed by atoms with Gasteiger partial charge in [0.05, 0.1) is 28.2 Å². The van der Waals surface area contributed by atoms with Gasteiger partial charge in [-0.3, -0.25) is 4.79 Å². The van der Waals surface area contributed by atoms with Crippen LogP contribution < -0.4 is 5.32 Å². The van der Waals surface area contributed by atoms with Gasteiger partial charge in [-0.05, 0) is 42.2 Å². The van der Waals surface area contributed by atoms with Crippen LogP contribution in [0.5, 0.6) is 0 Å². The van der Waals surface area contributed by atoms with E-state index in [-0.39, 0.29) is 5.91 Å². The minimum absolute atomic E-state index is 0.149. The van der Waals surface area contributed by atoms with Crippen molar-refractivity contribution in [1.29, 1.82) is 0 Å². The molecule has 2 aromatic heterocycles. The van der Waals surface area contributed by atoms with E-state index in [0.29, 0.717) is 12.1 Å². The molecular weight excluding hydrogens is 512 g/mol. The highest BCUT2D eigenvalue weighted by atomic mass is 32.2. The molecule has 0 fully saturated rings. The topological polar surface area (TPSA) is 59.8 Å². The van der Waals surface area contributed by atoms with Crippen LogP contribution in [-0.2, 0) is 6.54 Å². The van der Waals surface area contributed by atoms with Crippen LogP contribution in [0.3, 0.4) is 0 Å². The number of hydrogen-bond donors (Lipinski definition) is 1. The van der Waals surface area contributed by atoms with E-state index in [1.165, 1.54) is 4.90 Å². The standard InChI is InChI=1S/C34H28N4OS/c1-2-40-28-19-17-25(18-20-28)33-26(23-38(37-33)27-13-7-4-8-14-27)22-35-34(39)30-21-32(24-11-5-3-6-12-24)36-31-16-10-9-15-29(30)31/h3-21,23H,2,22H2,1H3,(H,35,39). The maximum atomic E-state index is 13.7. The molecular formula is C34H28N4OS. The Hall–Kier alpha value is -4.68. The van der Waals surface area contributed by atoms with E-state index in [1.54, 1.807) is 0 Å². The quantitative estimate of drug-likeness (QED) is 0.200. The van der Waals surface area contributed by atoms with Crippen molar-refractivity contribution in [1.82, 2.24) is 20.1 Å². The predicted octanol–water partition coefficient (Wildman–Crippen LogP) is 7.80. The number of aromatic nitrogens is 3. The SMILES string of the molecule is CCSc1ccc(-c2nn(-c3ccccc3)cc2CNC(=O)c2cc(-c3ccccc3)nc3ccccc23)cc1. The number of rotatable bonds is 8. The Balaban J connectivity index is 1.34. The number of thioether (sulfide) groups is 1. The summed E-state index contributed by atoms with van der Waals surface area (Å²) in [6, 6.07) is 38.1. The van der Waals surface area contributed by atoms with Crippen molar-refractivity contribution in [3.05, 3.63) is 133 Å². The number of carbonyl (C=O) groups excluding carboxylic acids is 1. The average molecular weight is 541 g/mol. The second kappa shape index (κ2) is 11.6. The average Bonchev–Trinajstić information content (AvgIpc) is 3.45. The highest BCUT2D eigenvalue weighted by Gasteiger charge is 2.17. The zero-order valence-electron chi connectivity index (χ0n) is 22.1. The molecule has 40 heavy (non-hydrogen) atoms. The molecule has 196 valence electrons. The van der Waals surface area contributed by atoms with Gasteiger partial charge in [-0.15, -0.1) is 11.8 Å². The molecule has 0 unspecified atom stereocenters. The Bertz CT molecular complexity index is 1760. The lowest BCUT2D eigenvalue weighted by molar-refractivity contribution is 0.0952. The third kappa shape index (κ3) is 5.40. The molecule has 5 nitrogen and oxygen atoms in total. The second-order valence-corrected chi connectivity index (χ2v) is 10.7. The summed E-state index contributed by atoms with van der Waals surface area (Å²) < 4.78 is 1.88. The summed E-state index contributed by atoms with van der Waals surface area (Å²) in [6.07, 6.45) is 2.00. The van der Waals surface area contributed by atoms with E-state index in [9.17, 15) is 4.79 Å². The third-order valence-electron chi connectivity index (χ3n) is 6.72. The van der Waals surface area contributed by atoms with E-state index in [2.05, 4.69) is 36.5 Å². The molecule has 0 atom stereocenters. The van der Waals surface area contributed by atoms with Crippen molar-refractivity contribution in [3.63, 3.8) is 0 Å². The summed E-state index contributed by atoms with van der Waals surface area (Å²) in [7, 11) is 0. The first kappa shape index (κ1) is 25.6. The normalized spacial score (nSPS) is 11.0. The molecule has 4 aromatic carbocycles. The molecule has 0 saturated carbocycles. The van der Waals surface area contributed by atoms with Crippen molar-refractivity contribution in [2.45, 2.75) is 18.4 Å². The lowest BCUT2D eigenvalue weighted by Gasteiger charge is -2.11. The molecule has 0 aliphatic carbocycles. The van der Waals surface area contributed by atoms with Crippen molar-refractivity contribution < 1.29 is 4.79 Å². The van der Waals surface area contributed by atoms with E-state index in [1.807, 2.05) is 114 Å². The van der Waals surface area contributed by atoms with Gasteiger partial charge in [0.2, 0.25) is 0 Å². The van der Waals surface area contributed by atoms with Crippen LogP contribution in [0, 0.1) is 0 Å². The number of nitrogens with zero attached hydrogens (tertiary/aromatic N) is 3. The maximum absolute atomic E-state index is 13.7. The van der Waals surface area contributed by atoms with Crippen molar-refractivity contribution in [3.8, 4) is 28.2 Å². The van der Waals surface area contributed by atoms with Crippen molar-refractivity contribution >= 4 is 28.6 Å². The summed E-state index contributed by atoms with van der Waals surface area (Å²) in [4.78, 5) is 19.7. The van der Waals surface area contributed by atoms with Gasteiger partial charge < -0.3 is 5.32 Å². The lowest BCUT2D eigenvalue weighted by Crippen LogP contribution is -2.23. The highest BCUT2D eigenvalue weighted by Crippen LogP contribution is 2.28. The molecule has 0 saturated heterocycles. The number of fused-ring (bicyclic) bond motifs is 1. The number of carbonyl (C=O) groups is 1. The first-order chi connectivity index (χ1) is 19.7. The zero-order chi connectivity index (χ0) is 27.3. The van der Waals surface area contributed by atoms with Crippen LogP contribution in [0.2, 0.25) is 0 Å². The van der Waals surface area contributed by atoms with Crippen molar-refractivity contribution in [2.75, 3.05) is 5.75 Å². The van der Waals surface area contributed by atoms with Crippen LogP contribution in [-0.4, -0.2) is 26.4 Å². The predicted molar refractivity (Wildman–Crippen MR) is 164 cm³/mol. The lowest BCUT2D eigenvalue weighted by atomic mass is 10.0. The molecule has 6 heteroatoms. The largest absolute Gasteiger partial charge is 0.348 e. The molecule has 1 N–H and O–H groups in total. The van der Waals surface area contributed by atoms with E-state index >= 15 is 0 Å². The Kier molecular flexibility index (Phi) is 7.42. The van der Waals surface area contributed by atoms with Crippen LogP contribution in [0.15, 0.2) is 126 Å². The fraction of sp³-hybridized carbons (Fsp3) is 0.0882. The zero-order valence-corrected chi connectivity index (χ0v) is 22.9. The molecule has 0 spiro atoms. The molecule has 0 radical (unpaired) electrons. The Morgan fingerprint density at radius 2 is 1.52 bits per heavy atom. The van der Waals surface area contributed by atoms with E-state index in [0.717, 1.165) is 50.4 Å². The number of pyridine rings is 1. The molecule has 0 bridgehead atoms. The van der Waals surface area contributed by atoms with Gasteiger partial charge in [-0.1, -0.05) is 85.8 Å². The fourth-order valence-corrected chi connectivity index (χ4v) is 5.42. The Labute approximate surface area is 237 Å². The van der Waals surface area contributed by atoms with E-state index in [4.69, 9.17) is 10.1 Å². The molecule has 1 amide bonds. The maximum Gasteiger partial charge on any atom is 0.252 e. The van der Waals surface area contributed by atoms with Gasteiger partial charge in [0.25, 0.3) is 5.91 Å². The molecule has 6 rings (SSSR count). The molecule has 6 aromatic rings. The smallest absolute Gasteiger partial charge is 0.252 e. The van der Waals surface area contributed by atoms with Crippen LogP contribution in [0.1, 0.15) is 22.8 Å². The molecule has 0 aliphatic rings. The summed E-state index contributed by atoms with van der Waals surface area (Å²) in [5, 5.41) is 8.92. The van der Waals surface area contributed by atoms with Gasteiger partial charge >= 0.3 is 0 Å². The molecule has 0 aliphatic heterocycles. The van der Waals surface area contributed by atoms with Gasteiger partial charge in [0, 0.05) is 39.7 Å².